The second kappa shape index (κ2) is 15.9. The van der Waals surface area contributed by atoms with Crippen molar-refractivity contribution in [2.24, 2.45) is 28.3 Å². The highest BCUT2D eigenvalue weighted by Crippen LogP contribution is 2.35. The smallest absolute Gasteiger partial charge is 0.345 e. The van der Waals surface area contributed by atoms with Crippen molar-refractivity contribution in [1.29, 1.82) is 0 Å². The van der Waals surface area contributed by atoms with Gasteiger partial charge in [0.25, 0.3) is 0 Å². The number of Topliss-reactive ketones (excluding diaryl/α,β-unsaturated/α-hetero) is 1. The third kappa shape index (κ3) is 10.1. The summed E-state index contributed by atoms with van der Waals surface area (Å²) in [6, 6.07) is 12.1. The maximum Gasteiger partial charge on any atom is 0.416 e. The Bertz CT molecular complexity index is 1320. The molecule has 1 heterocycles. The van der Waals surface area contributed by atoms with Crippen molar-refractivity contribution in [2.45, 2.75) is 69.6 Å². The van der Waals surface area contributed by atoms with Crippen LogP contribution >= 0.6 is 0 Å². The van der Waals surface area contributed by atoms with Crippen LogP contribution in [0.5, 0.6) is 0 Å². The average molecular weight is 601 g/mol. The lowest BCUT2D eigenvalue weighted by molar-refractivity contribution is -0.137. The first-order valence-corrected chi connectivity index (χ1v) is 14.7. The van der Waals surface area contributed by atoms with Crippen LogP contribution in [-0.2, 0) is 28.6 Å². The van der Waals surface area contributed by atoms with Crippen LogP contribution in [0.2, 0.25) is 0 Å². The van der Waals surface area contributed by atoms with Gasteiger partial charge in [0.05, 0.1) is 23.2 Å². The molecular formula is C32H43F3N6O2. The number of para-hydroxylation sites is 1. The van der Waals surface area contributed by atoms with Crippen molar-refractivity contribution in [1.82, 2.24) is 10.3 Å². The molecule has 43 heavy (non-hydrogen) atoms. The van der Waals surface area contributed by atoms with Crippen molar-refractivity contribution in [3.8, 4) is 0 Å². The van der Waals surface area contributed by atoms with Crippen LogP contribution in [-0.4, -0.2) is 48.4 Å². The number of halogens is 3. The molecular weight excluding hydrogens is 557 g/mol. The summed E-state index contributed by atoms with van der Waals surface area (Å²) < 4.78 is 39.2. The number of carbonyl (C=O) groups excluding carboxylic acids is 2. The zero-order valence-electron chi connectivity index (χ0n) is 24.4. The predicted molar refractivity (Wildman–Crippen MR) is 163 cm³/mol. The Balaban J connectivity index is 1.73. The van der Waals surface area contributed by atoms with Gasteiger partial charge in [0.1, 0.15) is 0 Å². The molecule has 234 valence electrons. The number of nitrogens with two attached hydrogens (primary N) is 4. The van der Waals surface area contributed by atoms with E-state index in [9.17, 15) is 22.8 Å². The molecule has 1 amide bonds. The fourth-order valence-electron chi connectivity index (χ4n) is 5.62. The first-order chi connectivity index (χ1) is 20.5. The maximum atomic E-state index is 13.5. The van der Waals surface area contributed by atoms with Crippen molar-refractivity contribution in [3.05, 3.63) is 77.5 Å². The molecule has 0 fully saturated rings. The number of alkyl halides is 3. The lowest BCUT2D eigenvalue weighted by Crippen LogP contribution is -2.49. The first-order valence-electron chi connectivity index (χ1n) is 14.7. The highest BCUT2D eigenvalue weighted by Gasteiger charge is 2.31. The van der Waals surface area contributed by atoms with Gasteiger partial charge < -0.3 is 28.3 Å². The summed E-state index contributed by atoms with van der Waals surface area (Å²) in [5, 5.41) is 3.64. The van der Waals surface area contributed by atoms with Gasteiger partial charge >= 0.3 is 6.18 Å². The minimum absolute atomic E-state index is 0.0154. The van der Waals surface area contributed by atoms with E-state index in [0.717, 1.165) is 48.7 Å². The molecule has 0 unspecified atom stereocenters. The molecule has 8 nitrogen and oxygen atoms in total. The van der Waals surface area contributed by atoms with Gasteiger partial charge in [0.2, 0.25) is 5.91 Å². The highest BCUT2D eigenvalue weighted by molar-refractivity contribution is 5.92. The second-order valence-electron chi connectivity index (χ2n) is 11.3. The molecule has 3 rings (SSSR count). The number of nitrogens with zero attached hydrogens (tertiary/aromatic N) is 1. The molecule has 11 heteroatoms. The molecule has 0 bridgehead atoms. The molecule has 2 atom stereocenters. The van der Waals surface area contributed by atoms with Crippen LogP contribution in [0.3, 0.4) is 0 Å². The van der Waals surface area contributed by atoms with E-state index < -0.39 is 29.7 Å². The molecule has 0 aliphatic rings. The van der Waals surface area contributed by atoms with Gasteiger partial charge in [-0.3, -0.25) is 14.6 Å². The van der Waals surface area contributed by atoms with Crippen LogP contribution in [0.4, 0.5) is 13.2 Å². The normalized spacial score (nSPS) is 13.6. The van der Waals surface area contributed by atoms with Gasteiger partial charge in [-0.1, -0.05) is 36.8 Å². The van der Waals surface area contributed by atoms with E-state index in [0.29, 0.717) is 43.6 Å². The molecule has 0 aliphatic carbocycles. The van der Waals surface area contributed by atoms with E-state index in [1.165, 1.54) is 12.1 Å². The Morgan fingerprint density at radius 3 is 2.09 bits per heavy atom. The van der Waals surface area contributed by atoms with Crippen molar-refractivity contribution in [3.63, 3.8) is 0 Å². The molecule has 9 N–H and O–H groups in total. The first kappa shape index (κ1) is 34.1. The summed E-state index contributed by atoms with van der Waals surface area (Å²) in [5.74, 6) is -0.797. The number of benzene rings is 2. The summed E-state index contributed by atoms with van der Waals surface area (Å²) in [6.07, 6.45) is 1.25. The Morgan fingerprint density at radius 2 is 1.49 bits per heavy atom. The molecule has 0 aliphatic heterocycles. The van der Waals surface area contributed by atoms with E-state index in [-0.39, 0.29) is 24.0 Å². The summed E-state index contributed by atoms with van der Waals surface area (Å²) in [6.45, 7) is 1.52. The molecule has 3 aromatic rings. The van der Waals surface area contributed by atoms with Crippen LogP contribution in [0.25, 0.3) is 10.9 Å². The van der Waals surface area contributed by atoms with Gasteiger partial charge in [-0.15, -0.1) is 0 Å². The van der Waals surface area contributed by atoms with Crippen molar-refractivity contribution in [2.75, 3.05) is 19.6 Å². The number of ketones is 1. The third-order valence-electron chi connectivity index (χ3n) is 8.03. The fourth-order valence-corrected chi connectivity index (χ4v) is 5.62. The van der Waals surface area contributed by atoms with Gasteiger partial charge in [-0.2, -0.15) is 13.2 Å². The minimum atomic E-state index is -4.48. The molecule has 0 radical (unpaired) electrons. The third-order valence-corrected chi connectivity index (χ3v) is 8.03. The van der Waals surface area contributed by atoms with Gasteiger partial charge in [-0.05, 0) is 99.0 Å². The molecule has 1 aromatic heterocycles. The average Bonchev–Trinajstić information content (AvgIpc) is 2.97. The largest absolute Gasteiger partial charge is 0.416 e. The second-order valence-corrected chi connectivity index (χ2v) is 11.3. The predicted octanol–water partition coefficient (Wildman–Crippen LogP) is 3.62. The molecule has 0 saturated heterocycles. The summed E-state index contributed by atoms with van der Waals surface area (Å²) in [5.41, 5.74) is 24.8. The molecule has 0 spiro atoms. The highest BCUT2D eigenvalue weighted by atomic mass is 19.4. The number of amides is 1. The van der Waals surface area contributed by atoms with Crippen LogP contribution in [0, 0.1) is 5.41 Å². The lowest BCUT2D eigenvalue weighted by atomic mass is 9.74. The molecule has 0 saturated carbocycles. The number of fused-ring (bicyclic) bond motifs is 1. The number of nitrogens with one attached hydrogen (secondary N) is 1. The molecule has 2 aromatic carbocycles. The van der Waals surface area contributed by atoms with Crippen molar-refractivity contribution >= 4 is 22.6 Å². The van der Waals surface area contributed by atoms with E-state index in [4.69, 9.17) is 22.9 Å². The number of aromatic nitrogens is 1. The Hall–Kier alpha value is -3.38. The summed E-state index contributed by atoms with van der Waals surface area (Å²) in [4.78, 5) is 31.1. The SMILES string of the molecule is NCCC(CCN)(CCN)CCC[C@H](N)C(=O)N[C@H](Cc1ccc(C(F)(F)F)cc1)C(=O)Cc1cnc2ccccc2c1. The Kier molecular flexibility index (Phi) is 12.6. The standard InChI is InChI=1S/C32H43F3N6O2/c33-32(34,35)25-9-7-22(8-10-25)19-28(29(42)20-23-18-24-4-1-2-6-27(24)40-21-23)41-30(43)26(39)5-3-11-31(12-15-36,13-16-37)14-17-38/h1-2,4,6-10,18,21,26,28H,3,5,11-17,19-20,36-39H2,(H,41,43)/t26-,28+/m0/s1. The summed E-state index contributed by atoms with van der Waals surface area (Å²) in [7, 11) is 0. The lowest BCUT2D eigenvalue weighted by Gasteiger charge is -2.33. The van der Waals surface area contributed by atoms with Crippen LogP contribution in [0.1, 0.15) is 55.2 Å². The van der Waals surface area contributed by atoms with Crippen LogP contribution < -0.4 is 28.3 Å². The van der Waals surface area contributed by atoms with Crippen molar-refractivity contribution < 1.29 is 22.8 Å². The Morgan fingerprint density at radius 1 is 0.860 bits per heavy atom. The number of pyridine rings is 1. The van der Waals surface area contributed by atoms with Gasteiger partial charge in [0.15, 0.2) is 5.78 Å². The maximum absolute atomic E-state index is 13.5. The van der Waals surface area contributed by atoms with Gasteiger partial charge in [-0.25, -0.2) is 0 Å². The fraction of sp³-hybridized carbons (Fsp3) is 0.469. The number of rotatable bonds is 17. The zero-order chi connectivity index (χ0) is 31.5. The van der Waals surface area contributed by atoms with E-state index >= 15 is 0 Å². The van der Waals surface area contributed by atoms with E-state index in [2.05, 4.69) is 10.3 Å². The number of hydrogen-bond donors (Lipinski definition) is 5. The number of hydrogen-bond acceptors (Lipinski definition) is 7. The number of carbonyl (C=O) groups is 2. The van der Waals surface area contributed by atoms with E-state index in [1.54, 1.807) is 6.20 Å². The van der Waals surface area contributed by atoms with Crippen LogP contribution in [0.15, 0.2) is 60.8 Å². The monoisotopic (exact) mass is 600 g/mol. The topological polar surface area (TPSA) is 163 Å². The Labute approximate surface area is 250 Å². The quantitative estimate of drug-likeness (QED) is 0.158. The zero-order valence-corrected chi connectivity index (χ0v) is 24.4. The van der Waals surface area contributed by atoms with Gasteiger partial charge in [0, 0.05) is 18.0 Å². The minimum Gasteiger partial charge on any atom is -0.345 e. The van der Waals surface area contributed by atoms with E-state index in [1.807, 2.05) is 30.3 Å². The summed E-state index contributed by atoms with van der Waals surface area (Å²) >= 11 is 0.